The Hall–Kier alpha value is -0.860. The minimum absolute atomic E-state index is 0.0289. The van der Waals surface area contributed by atoms with Gasteiger partial charge >= 0.3 is 0 Å². The maximum atomic E-state index is 11.0. The van der Waals surface area contributed by atoms with Crippen molar-refractivity contribution in [1.29, 1.82) is 0 Å². The Balaban J connectivity index is 2.98. The summed E-state index contributed by atoms with van der Waals surface area (Å²) in [5.41, 5.74) is 7.04. The normalized spacial score (nSPS) is 10.1. The molecule has 70 valence electrons. The lowest BCUT2D eigenvalue weighted by Crippen LogP contribution is -2.03. The summed E-state index contributed by atoms with van der Waals surface area (Å²) in [7, 11) is 0. The van der Waals surface area contributed by atoms with E-state index >= 15 is 0 Å². The monoisotopic (exact) mass is 197 g/mol. The van der Waals surface area contributed by atoms with Crippen LogP contribution in [0.2, 0.25) is 5.02 Å². The molecule has 0 heterocycles. The van der Waals surface area contributed by atoms with Crippen LogP contribution in [0.4, 0.5) is 0 Å². The first-order valence-electron chi connectivity index (χ1n) is 4.14. The van der Waals surface area contributed by atoms with Gasteiger partial charge in [0.15, 0.2) is 5.78 Å². The third kappa shape index (κ3) is 2.54. The van der Waals surface area contributed by atoms with Gasteiger partial charge in [0.05, 0.1) is 0 Å². The highest BCUT2D eigenvalue weighted by atomic mass is 35.5. The van der Waals surface area contributed by atoms with Crippen LogP contribution in [0.1, 0.15) is 22.8 Å². The third-order valence-electron chi connectivity index (χ3n) is 1.87. The molecule has 1 aromatic rings. The first kappa shape index (κ1) is 10.2. The van der Waals surface area contributed by atoms with Crippen LogP contribution in [0.5, 0.6) is 0 Å². The Bertz CT molecular complexity index is 323. The molecule has 1 rings (SSSR count). The molecule has 2 N–H and O–H groups in total. The van der Waals surface area contributed by atoms with Crippen LogP contribution >= 0.6 is 11.6 Å². The number of halogens is 1. The van der Waals surface area contributed by atoms with E-state index in [0.29, 0.717) is 17.1 Å². The van der Waals surface area contributed by atoms with Gasteiger partial charge in [0.2, 0.25) is 0 Å². The van der Waals surface area contributed by atoms with E-state index in [9.17, 15) is 4.79 Å². The first-order chi connectivity index (χ1) is 6.15. The van der Waals surface area contributed by atoms with Crippen molar-refractivity contribution in [3.05, 3.63) is 34.3 Å². The molecule has 0 aromatic heterocycles. The molecule has 0 aliphatic heterocycles. The van der Waals surface area contributed by atoms with Crippen LogP contribution in [0.3, 0.4) is 0 Å². The van der Waals surface area contributed by atoms with Crippen LogP contribution in [-0.4, -0.2) is 12.3 Å². The molecule has 0 fully saturated rings. The zero-order valence-corrected chi connectivity index (χ0v) is 8.27. The molecule has 0 saturated carbocycles. The van der Waals surface area contributed by atoms with Crippen molar-refractivity contribution in [3.8, 4) is 0 Å². The molecule has 2 nitrogen and oxygen atoms in total. The van der Waals surface area contributed by atoms with E-state index in [0.717, 1.165) is 12.0 Å². The maximum absolute atomic E-state index is 11.0. The average molecular weight is 198 g/mol. The lowest BCUT2D eigenvalue weighted by atomic mass is 10.1. The number of Topliss-reactive ketones (excluding diaryl/α,β-unsaturated/α-hetero) is 1. The first-order valence-corrected chi connectivity index (χ1v) is 4.52. The molecule has 0 atom stereocenters. The highest BCUT2D eigenvalue weighted by Gasteiger charge is 2.03. The molecular weight excluding hydrogens is 186 g/mol. The SMILES string of the molecule is CC(=O)c1ccc(CCN)c(Cl)c1. The van der Waals surface area contributed by atoms with E-state index in [4.69, 9.17) is 17.3 Å². The summed E-state index contributed by atoms with van der Waals surface area (Å²) in [6.07, 6.45) is 0.747. The van der Waals surface area contributed by atoms with Gasteiger partial charge in [-0.05, 0) is 31.5 Å². The van der Waals surface area contributed by atoms with Crippen molar-refractivity contribution in [2.75, 3.05) is 6.54 Å². The maximum Gasteiger partial charge on any atom is 0.159 e. The van der Waals surface area contributed by atoms with Gasteiger partial charge in [-0.3, -0.25) is 4.79 Å². The van der Waals surface area contributed by atoms with Crippen molar-refractivity contribution in [2.24, 2.45) is 5.73 Å². The predicted molar refractivity (Wildman–Crippen MR) is 54.2 cm³/mol. The molecule has 0 aliphatic rings. The van der Waals surface area contributed by atoms with Crippen LogP contribution < -0.4 is 5.73 Å². The molecule has 0 bridgehead atoms. The number of hydrogen-bond donors (Lipinski definition) is 1. The Labute approximate surface area is 82.7 Å². The van der Waals surface area contributed by atoms with E-state index in [1.54, 1.807) is 12.1 Å². The predicted octanol–water partition coefficient (Wildman–Crippen LogP) is 2.04. The average Bonchev–Trinajstić information content (AvgIpc) is 2.08. The number of carbonyl (C=O) groups is 1. The second-order valence-electron chi connectivity index (χ2n) is 2.90. The summed E-state index contributed by atoms with van der Waals surface area (Å²) in [6, 6.07) is 5.32. The Kier molecular flexibility index (Phi) is 3.46. The fourth-order valence-electron chi connectivity index (χ4n) is 1.12. The van der Waals surface area contributed by atoms with Gasteiger partial charge in [-0.2, -0.15) is 0 Å². The molecule has 13 heavy (non-hydrogen) atoms. The standard InChI is InChI=1S/C10H12ClNO/c1-7(13)9-3-2-8(4-5-12)10(11)6-9/h2-3,6H,4-5,12H2,1H3. The van der Waals surface area contributed by atoms with Gasteiger partial charge in [0.1, 0.15) is 0 Å². The number of rotatable bonds is 3. The van der Waals surface area contributed by atoms with E-state index in [2.05, 4.69) is 0 Å². The molecule has 0 radical (unpaired) electrons. The number of carbonyl (C=O) groups excluding carboxylic acids is 1. The Morgan fingerprint density at radius 3 is 2.69 bits per heavy atom. The van der Waals surface area contributed by atoms with Gasteiger partial charge in [-0.25, -0.2) is 0 Å². The zero-order valence-electron chi connectivity index (χ0n) is 7.51. The summed E-state index contributed by atoms with van der Waals surface area (Å²) in [6.45, 7) is 2.09. The highest BCUT2D eigenvalue weighted by Crippen LogP contribution is 2.18. The molecule has 1 aromatic carbocycles. The van der Waals surface area contributed by atoms with Crippen molar-refractivity contribution >= 4 is 17.4 Å². The number of ketones is 1. The number of benzene rings is 1. The lowest BCUT2D eigenvalue weighted by Gasteiger charge is -2.03. The quantitative estimate of drug-likeness (QED) is 0.754. The van der Waals surface area contributed by atoms with Crippen molar-refractivity contribution < 1.29 is 4.79 Å². The van der Waals surface area contributed by atoms with Crippen molar-refractivity contribution in [3.63, 3.8) is 0 Å². The fraction of sp³-hybridized carbons (Fsp3) is 0.300. The highest BCUT2D eigenvalue weighted by molar-refractivity contribution is 6.31. The van der Waals surface area contributed by atoms with Crippen molar-refractivity contribution in [2.45, 2.75) is 13.3 Å². The van der Waals surface area contributed by atoms with Gasteiger partial charge in [-0.15, -0.1) is 0 Å². The molecule has 0 saturated heterocycles. The lowest BCUT2D eigenvalue weighted by molar-refractivity contribution is 0.101. The van der Waals surface area contributed by atoms with Gasteiger partial charge in [0, 0.05) is 10.6 Å². The van der Waals surface area contributed by atoms with E-state index < -0.39 is 0 Å². The van der Waals surface area contributed by atoms with Crippen LogP contribution in [0.15, 0.2) is 18.2 Å². The van der Waals surface area contributed by atoms with Crippen LogP contribution in [-0.2, 0) is 6.42 Å². The minimum Gasteiger partial charge on any atom is -0.330 e. The van der Waals surface area contributed by atoms with Gasteiger partial charge in [0.25, 0.3) is 0 Å². The van der Waals surface area contributed by atoms with Crippen molar-refractivity contribution in [1.82, 2.24) is 0 Å². The minimum atomic E-state index is 0.0289. The summed E-state index contributed by atoms with van der Waals surface area (Å²) >= 11 is 5.94. The number of hydrogen-bond acceptors (Lipinski definition) is 2. The molecule has 3 heteroatoms. The second-order valence-corrected chi connectivity index (χ2v) is 3.31. The molecular formula is C10H12ClNO. The summed E-state index contributed by atoms with van der Waals surface area (Å²) in [5, 5.41) is 0.623. The Morgan fingerprint density at radius 1 is 1.54 bits per heavy atom. The second kappa shape index (κ2) is 4.40. The van der Waals surface area contributed by atoms with Crippen LogP contribution in [0, 0.1) is 0 Å². The van der Waals surface area contributed by atoms with Gasteiger partial charge in [-0.1, -0.05) is 23.7 Å². The molecule has 0 unspecified atom stereocenters. The molecule has 0 spiro atoms. The third-order valence-corrected chi connectivity index (χ3v) is 2.23. The van der Waals surface area contributed by atoms with E-state index in [1.165, 1.54) is 6.92 Å². The summed E-state index contributed by atoms with van der Waals surface area (Å²) in [5.74, 6) is 0.0289. The number of nitrogens with two attached hydrogens (primary N) is 1. The van der Waals surface area contributed by atoms with Crippen LogP contribution in [0.25, 0.3) is 0 Å². The fourth-order valence-corrected chi connectivity index (χ4v) is 1.40. The smallest absolute Gasteiger partial charge is 0.159 e. The van der Waals surface area contributed by atoms with E-state index in [-0.39, 0.29) is 5.78 Å². The molecule has 0 amide bonds. The molecule has 0 aliphatic carbocycles. The van der Waals surface area contributed by atoms with Gasteiger partial charge < -0.3 is 5.73 Å². The summed E-state index contributed by atoms with van der Waals surface area (Å²) < 4.78 is 0. The summed E-state index contributed by atoms with van der Waals surface area (Å²) in [4.78, 5) is 11.0. The largest absolute Gasteiger partial charge is 0.330 e. The Morgan fingerprint density at radius 2 is 2.23 bits per heavy atom. The van der Waals surface area contributed by atoms with E-state index in [1.807, 2.05) is 6.07 Å². The topological polar surface area (TPSA) is 43.1 Å². The zero-order chi connectivity index (χ0) is 9.84.